The molecule has 0 bridgehead atoms. The maximum Gasteiger partial charge on any atom is 0.335 e. The summed E-state index contributed by atoms with van der Waals surface area (Å²) < 4.78 is 1.72. The van der Waals surface area contributed by atoms with E-state index in [1.54, 1.807) is 23.1 Å². The van der Waals surface area contributed by atoms with Gasteiger partial charge in [0, 0.05) is 24.5 Å². The van der Waals surface area contributed by atoms with Gasteiger partial charge in [0.25, 0.3) is 0 Å². The first-order chi connectivity index (χ1) is 10.3. The Morgan fingerprint density at radius 1 is 1.41 bits per heavy atom. The van der Waals surface area contributed by atoms with Crippen molar-refractivity contribution in [2.45, 2.75) is 13.8 Å². The van der Waals surface area contributed by atoms with Crippen molar-refractivity contribution in [1.82, 2.24) is 9.78 Å². The predicted molar refractivity (Wildman–Crippen MR) is 84.9 cm³/mol. The Labute approximate surface area is 128 Å². The number of rotatable bonds is 4. The first-order valence-electron chi connectivity index (χ1n) is 6.65. The van der Waals surface area contributed by atoms with Crippen molar-refractivity contribution < 1.29 is 9.90 Å². The van der Waals surface area contributed by atoms with Gasteiger partial charge in [0.05, 0.1) is 23.1 Å². The number of aromatic nitrogens is 2. The number of hydrogen-bond donors (Lipinski definition) is 3. The number of aryl methyl sites for hydroxylation is 2. The van der Waals surface area contributed by atoms with Crippen molar-refractivity contribution in [3.63, 3.8) is 0 Å². The highest BCUT2D eigenvalue weighted by atomic mass is 16.4. The van der Waals surface area contributed by atoms with Crippen LogP contribution in [0.3, 0.4) is 0 Å². The van der Waals surface area contributed by atoms with Crippen molar-refractivity contribution in [2.24, 2.45) is 18.6 Å². The summed E-state index contributed by atoms with van der Waals surface area (Å²) in [6.07, 6.45) is 3.22. The van der Waals surface area contributed by atoms with Gasteiger partial charge in [-0.3, -0.25) is 9.69 Å². The topological polar surface area (TPSA) is 110 Å². The number of nitrogens with zero attached hydrogens (tertiary/aromatic N) is 3. The third-order valence-electron chi connectivity index (χ3n) is 3.56. The van der Waals surface area contributed by atoms with E-state index in [-0.39, 0.29) is 5.56 Å². The number of carbonyl (C=O) groups is 1. The van der Waals surface area contributed by atoms with Gasteiger partial charge in [-0.05, 0) is 31.5 Å². The molecule has 2 aromatic rings. The van der Waals surface area contributed by atoms with Crippen molar-refractivity contribution in [3.05, 3.63) is 53.0 Å². The first kappa shape index (κ1) is 15.6. The van der Waals surface area contributed by atoms with E-state index in [9.17, 15) is 4.79 Å². The predicted octanol–water partition coefficient (Wildman–Crippen LogP) is 1.37. The molecular formula is C15H19N5O2. The molecule has 5 N–H and O–H groups in total. The first-order valence-corrected chi connectivity index (χ1v) is 6.65. The van der Waals surface area contributed by atoms with Gasteiger partial charge < -0.3 is 10.8 Å². The normalized spacial score (nSPS) is 11.5. The van der Waals surface area contributed by atoms with Crippen LogP contribution < -0.4 is 16.6 Å². The molecule has 0 atom stereocenters. The highest BCUT2D eigenvalue weighted by Gasteiger charge is 2.11. The van der Waals surface area contributed by atoms with E-state index in [2.05, 4.69) is 5.10 Å². The molecule has 0 aliphatic heterocycles. The summed E-state index contributed by atoms with van der Waals surface area (Å²) in [5.74, 6) is 5.01. The monoisotopic (exact) mass is 301 g/mol. The molecule has 1 heterocycles. The second-order valence-electron chi connectivity index (χ2n) is 5.07. The fourth-order valence-electron chi connectivity index (χ4n) is 2.09. The molecule has 2 rings (SSSR count). The lowest BCUT2D eigenvalue weighted by Crippen LogP contribution is -2.26. The van der Waals surface area contributed by atoms with Crippen LogP contribution in [0.15, 0.2) is 30.6 Å². The molecule has 0 radical (unpaired) electrons. The van der Waals surface area contributed by atoms with E-state index in [1.165, 1.54) is 17.1 Å². The van der Waals surface area contributed by atoms with Gasteiger partial charge >= 0.3 is 5.97 Å². The van der Waals surface area contributed by atoms with E-state index in [0.29, 0.717) is 11.4 Å². The number of anilines is 1. The zero-order valence-electron chi connectivity index (χ0n) is 12.7. The molecule has 1 aromatic heterocycles. The Morgan fingerprint density at radius 3 is 2.64 bits per heavy atom. The Balaban J connectivity index is 2.37. The van der Waals surface area contributed by atoms with Crippen LogP contribution in [-0.2, 0) is 7.05 Å². The molecule has 0 saturated carbocycles. The largest absolute Gasteiger partial charge is 0.478 e. The fourth-order valence-corrected chi connectivity index (χ4v) is 2.09. The fraction of sp³-hybridized carbons (Fsp3) is 0.200. The molecule has 7 nitrogen and oxygen atoms in total. The van der Waals surface area contributed by atoms with Gasteiger partial charge in [0.2, 0.25) is 0 Å². The second kappa shape index (κ2) is 5.90. The number of hydrogen-bond acceptors (Lipinski definition) is 5. The van der Waals surface area contributed by atoms with E-state index in [0.717, 1.165) is 16.8 Å². The van der Waals surface area contributed by atoms with Gasteiger partial charge in [-0.15, -0.1) is 0 Å². The minimum Gasteiger partial charge on any atom is -0.478 e. The van der Waals surface area contributed by atoms with Gasteiger partial charge in [-0.2, -0.15) is 5.10 Å². The highest BCUT2D eigenvalue weighted by Crippen LogP contribution is 2.22. The smallest absolute Gasteiger partial charge is 0.335 e. The molecule has 0 amide bonds. The summed E-state index contributed by atoms with van der Waals surface area (Å²) >= 11 is 0. The Morgan fingerprint density at radius 2 is 2.09 bits per heavy atom. The molecular weight excluding hydrogens is 282 g/mol. The number of aromatic carboxylic acids is 1. The van der Waals surface area contributed by atoms with Crippen LogP contribution in [0.2, 0.25) is 0 Å². The summed E-state index contributed by atoms with van der Waals surface area (Å²) in [6.45, 7) is 3.75. The molecule has 0 aliphatic rings. The zero-order chi connectivity index (χ0) is 16.4. The molecule has 1 aromatic carbocycles. The van der Waals surface area contributed by atoms with Crippen LogP contribution in [0.1, 0.15) is 27.2 Å². The maximum atomic E-state index is 11.1. The number of hydrazine groups is 1. The van der Waals surface area contributed by atoms with Crippen LogP contribution in [0.25, 0.3) is 5.70 Å². The highest BCUT2D eigenvalue weighted by molar-refractivity contribution is 5.89. The molecule has 0 unspecified atom stereocenters. The molecule has 0 fully saturated rings. The standard InChI is InChI=1S/C15H19N5O2/c1-9-4-5-11(15(21)22)6-14(9)20(17)8-13(16)12-7-18-19(3)10(12)2/h4-8H,16-17H2,1-3H3,(H,21,22)/b13-8-. The van der Waals surface area contributed by atoms with Crippen molar-refractivity contribution in [1.29, 1.82) is 0 Å². The van der Waals surface area contributed by atoms with Crippen LogP contribution >= 0.6 is 0 Å². The number of benzene rings is 1. The van der Waals surface area contributed by atoms with Gasteiger partial charge in [0.1, 0.15) is 0 Å². The van der Waals surface area contributed by atoms with E-state index in [4.69, 9.17) is 16.7 Å². The second-order valence-corrected chi connectivity index (χ2v) is 5.07. The molecule has 22 heavy (non-hydrogen) atoms. The number of carboxylic acids is 1. The average Bonchev–Trinajstić information content (AvgIpc) is 2.79. The lowest BCUT2D eigenvalue weighted by molar-refractivity contribution is 0.0697. The van der Waals surface area contributed by atoms with Crippen LogP contribution in [0.5, 0.6) is 0 Å². The summed E-state index contributed by atoms with van der Waals surface area (Å²) in [4.78, 5) is 11.1. The summed E-state index contributed by atoms with van der Waals surface area (Å²) in [7, 11) is 1.83. The lowest BCUT2D eigenvalue weighted by Gasteiger charge is -2.18. The van der Waals surface area contributed by atoms with Crippen LogP contribution in [0.4, 0.5) is 5.69 Å². The van der Waals surface area contributed by atoms with Crippen molar-refractivity contribution in [2.75, 3.05) is 5.01 Å². The summed E-state index contributed by atoms with van der Waals surface area (Å²) in [5, 5.41) is 14.5. The minimum absolute atomic E-state index is 0.167. The number of carboxylic acid groups (broad SMARTS) is 1. The molecule has 7 heteroatoms. The Kier molecular flexibility index (Phi) is 4.18. The molecule has 0 aliphatic carbocycles. The average molecular weight is 301 g/mol. The lowest BCUT2D eigenvalue weighted by atomic mass is 10.1. The van der Waals surface area contributed by atoms with Crippen LogP contribution in [-0.4, -0.2) is 20.9 Å². The maximum absolute atomic E-state index is 11.1. The SMILES string of the molecule is Cc1ccc(C(=O)O)cc1N(N)/C=C(\N)c1cnn(C)c1C. The third kappa shape index (κ3) is 2.94. The van der Waals surface area contributed by atoms with E-state index < -0.39 is 5.97 Å². The van der Waals surface area contributed by atoms with Crippen molar-refractivity contribution in [3.8, 4) is 0 Å². The summed E-state index contributed by atoms with van der Waals surface area (Å²) in [5.41, 5.74) is 9.80. The number of nitrogens with two attached hydrogens (primary N) is 2. The quantitative estimate of drug-likeness (QED) is 0.581. The van der Waals surface area contributed by atoms with E-state index in [1.807, 2.05) is 20.9 Å². The summed E-state index contributed by atoms with van der Waals surface area (Å²) in [6, 6.07) is 4.75. The van der Waals surface area contributed by atoms with Crippen molar-refractivity contribution >= 4 is 17.4 Å². The minimum atomic E-state index is -1.00. The van der Waals surface area contributed by atoms with Crippen LogP contribution in [0, 0.1) is 13.8 Å². The molecule has 0 spiro atoms. The van der Waals surface area contributed by atoms with Gasteiger partial charge in [0.15, 0.2) is 0 Å². The molecule has 0 saturated heterocycles. The zero-order valence-corrected chi connectivity index (χ0v) is 12.7. The van der Waals surface area contributed by atoms with E-state index >= 15 is 0 Å². The third-order valence-corrected chi connectivity index (χ3v) is 3.56. The Hall–Kier alpha value is -2.80. The Bertz CT molecular complexity index is 748. The molecule has 116 valence electrons. The van der Waals surface area contributed by atoms with Gasteiger partial charge in [-0.1, -0.05) is 6.07 Å². The van der Waals surface area contributed by atoms with Gasteiger partial charge in [-0.25, -0.2) is 10.6 Å².